The van der Waals surface area contributed by atoms with Crippen LogP contribution < -0.4 is 0 Å². The van der Waals surface area contributed by atoms with E-state index in [9.17, 15) is 9.59 Å². The van der Waals surface area contributed by atoms with Crippen LogP contribution in [0.4, 0.5) is 0 Å². The number of rotatable bonds is 5. The van der Waals surface area contributed by atoms with E-state index in [4.69, 9.17) is 21.1 Å². The van der Waals surface area contributed by atoms with Crippen LogP contribution in [0.15, 0.2) is 40.5 Å². The van der Waals surface area contributed by atoms with Gasteiger partial charge in [-0.2, -0.15) is 0 Å². The zero-order valence-corrected chi connectivity index (χ0v) is 16.3. The van der Waals surface area contributed by atoms with E-state index in [0.29, 0.717) is 28.1 Å². The van der Waals surface area contributed by atoms with Crippen LogP contribution in [0, 0.1) is 0 Å². The first kappa shape index (κ1) is 18.9. The molecule has 1 aromatic rings. The number of halogens is 1. The van der Waals surface area contributed by atoms with Crippen LogP contribution in [0.1, 0.15) is 25.5 Å². The predicted octanol–water partition coefficient (Wildman–Crippen LogP) is 3.18. The number of fused-ring (bicyclic) bond motifs is 1. The van der Waals surface area contributed by atoms with Gasteiger partial charge in [0.15, 0.2) is 5.17 Å². The topological polar surface area (TPSA) is 68.2 Å². The lowest BCUT2D eigenvalue weighted by molar-refractivity contribution is -0.141. The van der Waals surface area contributed by atoms with E-state index in [1.807, 2.05) is 19.1 Å². The highest BCUT2D eigenvalue weighted by molar-refractivity contribution is 8.15. The maximum Gasteiger partial charge on any atom is 0.338 e. The van der Waals surface area contributed by atoms with E-state index in [1.165, 1.54) is 18.9 Å². The number of esters is 1. The van der Waals surface area contributed by atoms with Crippen molar-refractivity contribution >= 4 is 40.4 Å². The van der Waals surface area contributed by atoms with E-state index in [-0.39, 0.29) is 17.8 Å². The molecule has 1 amide bonds. The first-order valence-electron chi connectivity index (χ1n) is 8.14. The molecule has 1 fully saturated rings. The number of benzene rings is 1. The third-order valence-corrected chi connectivity index (χ3v) is 5.49. The molecule has 138 valence electrons. The van der Waals surface area contributed by atoms with Crippen molar-refractivity contribution in [1.29, 1.82) is 0 Å². The van der Waals surface area contributed by atoms with Crippen molar-refractivity contribution in [2.45, 2.75) is 25.1 Å². The van der Waals surface area contributed by atoms with E-state index in [2.05, 4.69) is 4.99 Å². The van der Waals surface area contributed by atoms with Crippen molar-refractivity contribution in [3.63, 3.8) is 0 Å². The Morgan fingerprint density at radius 3 is 2.65 bits per heavy atom. The third kappa shape index (κ3) is 3.51. The zero-order chi connectivity index (χ0) is 18.8. The van der Waals surface area contributed by atoms with Gasteiger partial charge in [0.2, 0.25) is 5.91 Å². The molecular weight excluding hydrogens is 376 g/mol. The first-order chi connectivity index (χ1) is 12.4. The van der Waals surface area contributed by atoms with Crippen molar-refractivity contribution in [2.24, 2.45) is 4.99 Å². The molecule has 2 aliphatic rings. The fourth-order valence-corrected chi connectivity index (χ4v) is 4.07. The summed E-state index contributed by atoms with van der Waals surface area (Å²) in [6, 6.07) is 6.52. The Labute approximate surface area is 161 Å². The summed E-state index contributed by atoms with van der Waals surface area (Å²) in [5.41, 5.74) is 1.69. The maximum absolute atomic E-state index is 12.7. The Morgan fingerprint density at radius 2 is 2.00 bits per heavy atom. The first-order valence-corrected chi connectivity index (χ1v) is 9.40. The van der Waals surface area contributed by atoms with E-state index < -0.39 is 12.0 Å². The number of amides is 1. The number of thioether (sulfide) groups is 1. The number of allylic oxidation sites excluding steroid dienone is 1. The van der Waals surface area contributed by atoms with Gasteiger partial charge >= 0.3 is 5.97 Å². The average molecular weight is 395 g/mol. The minimum absolute atomic E-state index is 0.0802. The van der Waals surface area contributed by atoms with E-state index in [0.717, 1.165) is 5.56 Å². The molecule has 26 heavy (non-hydrogen) atoms. The number of carbonyl (C=O) groups excluding carboxylic acids is 2. The van der Waals surface area contributed by atoms with Gasteiger partial charge in [-0.1, -0.05) is 35.5 Å². The van der Waals surface area contributed by atoms with Gasteiger partial charge in [0.1, 0.15) is 6.61 Å². The summed E-state index contributed by atoms with van der Waals surface area (Å²) in [7, 11) is 1.54. The number of amidine groups is 1. The normalized spacial score (nSPS) is 22.4. The summed E-state index contributed by atoms with van der Waals surface area (Å²) >= 11 is 7.39. The summed E-state index contributed by atoms with van der Waals surface area (Å²) in [5, 5.41) is 0.937. The molecule has 0 spiro atoms. The molecule has 3 rings (SSSR count). The quantitative estimate of drug-likeness (QED) is 0.566. The van der Waals surface area contributed by atoms with Crippen molar-refractivity contribution in [3.8, 4) is 0 Å². The molecule has 0 bridgehead atoms. The lowest BCUT2D eigenvalue weighted by atomic mass is 9.94. The maximum atomic E-state index is 12.7. The number of hydrogen-bond donors (Lipinski definition) is 0. The molecule has 2 atom stereocenters. The number of ether oxygens (including phenoxy) is 2. The molecule has 2 heterocycles. The fourth-order valence-electron chi connectivity index (χ4n) is 2.92. The van der Waals surface area contributed by atoms with Gasteiger partial charge in [-0.3, -0.25) is 9.69 Å². The number of nitrogens with zero attached hydrogens (tertiary/aromatic N) is 2. The molecule has 0 unspecified atom stereocenters. The molecule has 6 nitrogen and oxygen atoms in total. The highest BCUT2D eigenvalue weighted by Crippen LogP contribution is 2.43. The van der Waals surface area contributed by atoms with Crippen molar-refractivity contribution < 1.29 is 19.1 Å². The van der Waals surface area contributed by atoms with Gasteiger partial charge in [-0.25, -0.2) is 9.79 Å². The molecule has 1 saturated heterocycles. The van der Waals surface area contributed by atoms with E-state index >= 15 is 0 Å². The largest absolute Gasteiger partial charge is 0.460 e. The Balaban J connectivity index is 2.03. The number of hydrogen-bond acceptors (Lipinski definition) is 6. The van der Waals surface area contributed by atoms with Crippen molar-refractivity contribution in [1.82, 2.24) is 4.90 Å². The van der Waals surface area contributed by atoms with Crippen molar-refractivity contribution in [3.05, 3.63) is 46.1 Å². The van der Waals surface area contributed by atoms with Crippen LogP contribution in [0.3, 0.4) is 0 Å². The highest BCUT2D eigenvalue weighted by Gasteiger charge is 2.46. The van der Waals surface area contributed by atoms with Gasteiger partial charge in [-0.05, 0) is 31.5 Å². The minimum atomic E-state index is -0.584. The van der Waals surface area contributed by atoms with Crippen LogP contribution >= 0.6 is 23.4 Å². The fraction of sp³-hybridized carbons (Fsp3) is 0.389. The molecule has 0 aliphatic carbocycles. The summed E-state index contributed by atoms with van der Waals surface area (Å²) in [6.45, 7) is 4.02. The SMILES string of the molecule is COCCOC(=O)C1=C(C)N=C2S[C@@H](C)C(=O)N2[C@@H]1c1ccc(Cl)cc1. The predicted molar refractivity (Wildman–Crippen MR) is 101 cm³/mol. The second kappa shape index (κ2) is 7.82. The summed E-state index contributed by atoms with van der Waals surface area (Å²) < 4.78 is 10.2. The van der Waals surface area contributed by atoms with Gasteiger partial charge in [-0.15, -0.1) is 0 Å². The highest BCUT2D eigenvalue weighted by atomic mass is 35.5. The molecule has 0 saturated carbocycles. The van der Waals surface area contributed by atoms with Crippen LogP contribution in [0.2, 0.25) is 5.02 Å². The van der Waals surface area contributed by atoms with Gasteiger partial charge < -0.3 is 9.47 Å². The molecule has 0 aromatic heterocycles. The Bertz CT molecular complexity index is 791. The zero-order valence-electron chi connectivity index (χ0n) is 14.7. The Morgan fingerprint density at radius 1 is 1.31 bits per heavy atom. The standard InChI is InChI=1S/C18H19ClN2O4S/c1-10-14(17(23)25-9-8-24-3)15(12-4-6-13(19)7-5-12)21-16(22)11(2)26-18(21)20-10/h4-7,11,15H,8-9H2,1-3H3/t11-,15+/m0/s1. The summed E-state index contributed by atoms with van der Waals surface area (Å²) in [4.78, 5) is 31.5. The van der Waals surface area contributed by atoms with Crippen LogP contribution in [-0.2, 0) is 19.1 Å². The lowest BCUT2D eigenvalue weighted by Gasteiger charge is -2.33. The number of carbonyl (C=O) groups is 2. The number of methoxy groups -OCH3 is 1. The number of aliphatic imine (C=N–C) groups is 1. The summed E-state index contributed by atoms with van der Waals surface area (Å²) in [6.07, 6.45) is 0. The van der Waals surface area contributed by atoms with Crippen LogP contribution in [0.5, 0.6) is 0 Å². The average Bonchev–Trinajstić information content (AvgIpc) is 2.88. The van der Waals surface area contributed by atoms with Crippen molar-refractivity contribution in [2.75, 3.05) is 20.3 Å². The molecule has 8 heteroatoms. The van der Waals surface area contributed by atoms with Crippen LogP contribution in [-0.4, -0.2) is 47.5 Å². The second-order valence-corrected chi connectivity index (χ2v) is 7.69. The van der Waals surface area contributed by atoms with Crippen LogP contribution in [0.25, 0.3) is 0 Å². The molecule has 1 aromatic carbocycles. The lowest BCUT2D eigenvalue weighted by Crippen LogP contribution is -2.40. The van der Waals surface area contributed by atoms with Gasteiger partial charge in [0.25, 0.3) is 0 Å². The molecule has 0 radical (unpaired) electrons. The monoisotopic (exact) mass is 394 g/mol. The third-order valence-electron chi connectivity index (χ3n) is 4.18. The smallest absolute Gasteiger partial charge is 0.338 e. The van der Waals surface area contributed by atoms with E-state index in [1.54, 1.807) is 24.0 Å². The minimum Gasteiger partial charge on any atom is -0.460 e. The van der Waals surface area contributed by atoms with Gasteiger partial charge in [0.05, 0.1) is 29.2 Å². The molecular formula is C18H19ClN2O4S. The Hall–Kier alpha value is -1.83. The molecule has 0 N–H and O–H groups in total. The summed E-state index contributed by atoms with van der Waals surface area (Å²) in [5.74, 6) is -0.581. The van der Waals surface area contributed by atoms with Gasteiger partial charge in [0, 0.05) is 12.1 Å². The second-order valence-electron chi connectivity index (χ2n) is 5.94. The molecule has 2 aliphatic heterocycles. The Kier molecular flexibility index (Phi) is 5.70.